The second-order valence-electron chi connectivity index (χ2n) is 4.29. The largest absolute Gasteiger partial charge is 0.377 e. The molecule has 1 fully saturated rings. The average Bonchev–Trinajstić information content (AvgIpc) is 2.12. The Morgan fingerprint density at radius 3 is 2.79 bits per heavy atom. The van der Waals surface area contributed by atoms with Crippen LogP contribution < -0.4 is 0 Å². The van der Waals surface area contributed by atoms with Crippen molar-refractivity contribution in [3.8, 4) is 11.8 Å². The molecule has 0 aromatic rings. The van der Waals surface area contributed by atoms with Crippen LogP contribution in [0.3, 0.4) is 0 Å². The first-order chi connectivity index (χ1) is 6.49. The third-order valence-electron chi connectivity index (χ3n) is 3.13. The summed E-state index contributed by atoms with van der Waals surface area (Å²) >= 11 is 0. The molecule has 0 aromatic heterocycles. The fraction of sp³-hybridized carbons (Fsp3) is 0.667. The van der Waals surface area contributed by atoms with E-state index in [0.29, 0.717) is 12.5 Å². The van der Waals surface area contributed by atoms with Crippen molar-refractivity contribution in [2.24, 2.45) is 5.92 Å². The summed E-state index contributed by atoms with van der Waals surface area (Å²) in [7, 11) is 2.08. The summed E-state index contributed by atoms with van der Waals surface area (Å²) in [4.78, 5) is 2.26. The summed E-state index contributed by atoms with van der Waals surface area (Å²) in [6.07, 6.45) is 2.25. The molecule has 3 atom stereocenters. The molecule has 1 N–H and O–H groups in total. The van der Waals surface area contributed by atoms with Crippen LogP contribution in [0, 0.1) is 17.8 Å². The van der Waals surface area contributed by atoms with Crippen LogP contribution in [0.2, 0.25) is 0 Å². The molecule has 0 amide bonds. The Bertz CT molecular complexity index is 276. The zero-order valence-corrected chi connectivity index (χ0v) is 9.25. The Labute approximate surface area is 86.6 Å². The molecule has 1 heterocycles. The second kappa shape index (κ2) is 4.16. The summed E-state index contributed by atoms with van der Waals surface area (Å²) in [5, 5.41) is 10.3. The van der Waals surface area contributed by atoms with Gasteiger partial charge in [-0.15, -0.1) is 0 Å². The van der Waals surface area contributed by atoms with Crippen LogP contribution >= 0.6 is 0 Å². The van der Waals surface area contributed by atoms with Crippen LogP contribution in [0.1, 0.15) is 20.3 Å². The number of piperidine rings is 1. The Morgan fingerprint density at radius 2 is 2.21 bits per heavy atom. The monoisotopic (exact) mass is 193 g/mol. The Morgan fingerprint density at radius 1 is 1.57 bits per heavy atom. The molecule has 0 saturated carbocycles. The maximum Gasteiger partial charge on any atom is 0.131 e. The molecule has 0 spiro atoms. The third kappa shape index (κ3) is 2.17. The van der Waals surface area contributed by atoms with Gasteiger partial charge in [-0.1, -0.05) is 25.3 Å². The van der Waals surface area contributed by atoms with Gasteiger partial charge in [-0.25, -0.2) is 0 Å². The molecule has 1 saturated heterocycles. The van der Waals surface area contributed by atoms with Gasteiger partial charge in [0.2, 0.25) is 0 Å². The minimum Gasteiger partial charge on any atom is -0.377 e. The van der Waals surface area contributed by atoms with Gasteiger partial charge >= 0.3 is 0 Å². The van der Waals surface area contributed by atoms with E-state index in [9.17, 15) is 5.11 Å². The Kier molecular flexibility index (Phi) is 3.36. The first-order valence-corrected chi connectivity index (χ1v) is 5.06. The summed E-state index contributed by atoms with van der Waals surface area (Å²) in [5.41, 5.74) is -0.833. The predicted molar refractivity (Wildman–Crippen MR) is 58.8 cm³/mol. The van der Waals surface area contributed by atoms with Gasteiger partial charge in [-0.2, -0.15) is 0 Å². The number of rotatable bonds is 0. The highest BCUT2D eigenvalue weighted by Crippen LogP contribution is 2.30. The highest BCUT2D eigenvalue weighted by Gasteiger charge is 2.39. The van der Waals surface area contributed by atoms with E-state index < -0.39 is 5.60 Å². The molecular formula is C12H19NO. The van der Waals surface area contributed by atoms with Gasteiger partial charge in [0.05, 0.1) is 0 Å². The normalized spacial score (nSPS) is 38.6. The summed E-state index contributed by atoms with van der Waals surface area (Å²) in [5.74, 6) is 5.87. The molecule has 78 valence electrons. The van der Waals surface area contributed by atoms with E-state index in [4.69, 9.17) is 0 Å². The van der Waals surface area contributed by atoms with E-state index >= 15 is 0 Å². The van der Waals surface area contributed by atoms with Crippen molar-refractivity contribution in [2.75, 3.05) is 13.6 Å². The van der Waals surface area contributed by atoms with Gasteiger partial charge in [0.1, 0.15) is 5.60 Å². The average molecular weight is 193 g/mol. The topological polar surface area (TPSA) is 23.5 Å². The summed E-state index contributed by atoms with van der Waals surface area (Å²) in [6.45, 7) is 8.59. The summed E-state index contributed by atoms with van der Waals surface area (Å²) in [6, 6.07) is 0.385. The number of allylic oxidation sites excluding steroid dienone is 1. The van der Waals surface area contributed by atoms with Crippen LogP contribution in [-0.2, 0) is 0 Å². The first-order valence-electron chi connectivity index (χ1n) is 5.06. The van der Waals surface area contributed by atoms with Crippen LogP contribution in [0.4, 0.5) is 0 Å². The zero-order chi connectivity index (χ0) is 10.8. The van der Waals surface area contributed by atoms with Gasteiger partial charge in [-0.05, 0) is 20.0 Å². The quantitative estimate of drug-likeness (QED) is 0.586. The van der Waals surface area contributed by atoms with Crippen molar-refractivity contribution in [1.29, 1.82) is 0 Å². The number of hydrogen-bond donors (Lipinski definition) is 1. The van der Waals surface area contributed by atoms with E-state index in [1.54, 1.807) is 0 Å². The molecule has 0 radical (unpaired) electrons. The van der Waals surface area contributed by atoms with Gasteiger partial charge in [-0.3, -0.25) is 0 Å². The van der Waals surface area contributed by atoms with Crippen LogP contribution in [-0.4, -0.2) is 35.2 Å². The van der Waals surface area contributed by atoms with Crippen LogP contribution in [0.5, 0.6) is 0 Å². The van der Waals surface area contributed by atoms with Crippen molar-refractivity contribution in [1.82, 2.24) is 4.90 Å². The second-order valence-corrected chi connectivity index (χ2v) is 4.29. The molecule has 1 rings (SSSR count). The smallest absolute Gasteiger partial charge is 0.131 e. The molecular weight excluding hydrogens is 174 g/mol. The van der Waals surface area contributed by atoms with E-state index in [2.05, 4.69) is 37.3 Å². The minimum absolute atomic E-state index is 0.191. The minimum atomic E-state index is -0.833. The Balaban J connectivity index is 2.82. The molecule has 1 aliphatic heterocycles. The van der Waals surface area contributed by atoms with Gasteiger partial charge < -0.3 is 10.0 Å². The molecule has 2 heteroatoms. The highest BCUT2D eigenvalue weighted by molar-refractivity contribution is 5.23. The highest BCUT2D eigenvalue weighted by atomic mass is 16.3. The van der Waals surface area contributed by atoms with Gasteiger partial charge in [0.25, 0.3) is 0 Å². The molecule has 0 bridgehead atoms. The fourth-order valence-corrected chi connectivity index (χ4v) is 1.92. The predicted octanol–water partition coefficient (Wildman–Crippen LogP) is 1.27. The van der Waals surface area contributed by atoms with Crippen molar-refractivity contribution < 1.29 is 5.11 Å². The van der Waals surface area contributed by atoms with E-state index in [-0.39, 0.29) is 5.92 Å². The summed E-state index contributed by atoms with van der Waals surface area (Å²) < 4.78 is 0. The lowest BCUT2D eigenvalue weighted by Crippen LogP contribution is -2.52. The standard InChI is InChI=1S/C12H19NO/c1-5-6-7-12(14)8-11(3)13(4)9-10(12)2/h5,10-11,14H,1,8-9H2,2-4H3/t10-,11+,12-/m0/s1. The van der Waals surface area contributed by atoms with E-state index in [1.807, 2.05) is 6.92 Å². The molecule has 0 aliphatic carbocycles. The molecule has 0 aromatic carbocycles. The Hall–Kier alpha value is -0.780. The fourth-order valence-electron chi connectivity index (χ4n) is 1.92. The maximum atomic E-state index is 10.3. The first kappa shape index (κ1) is 11.3. The third-order valence-corrected chi connectivity index (χ3v) is 3.13. The van der Waals surface area contributed by atoms with Crippen molar-refractivity contribution in [3.63, 3.8) is 0 Å². The SMILES string of the molecule is C=CC#C[C@]1(O)C[C@@H](C)N(C)C[C@@H]1C. The maximum absolute atomic E-state index is 10.3. The van der Waals surface area contributed by atoms with Crippen LogP contribution in [0.15, 0.2) is 12.7 Å². The van der Waals surface area contributed by atoms with Crippen molar-refractivity contribution in [3.05, 3.63) is 12.7 Å². The van der Waals surface area contributed by atoms with Crippen LogP contribution in [0.25, 0.3) is 0 Å². The van der Waals surface area contributed by atoms with Crippen molar-refractivity contribution >= 4 is 0 Å². The van der Waals surface area contributed by atoms with Crippen molar-refractivity contribution in [2.45, 2.75) is 31.9 Å². The molecule has 14 heavy (non-hydrogen) atoms. The lowest BCUT2D eigenvalue weighted by Gasteiger charge is -2.42. The number of likely N-dealkylation sites (tertiary alicyclic amines) is 1. The lowest BCUT2D eigenvalue weighted by molar-refractivity contribution is -0.0346. The van der Waals surface area contributed by atoms with E-state index in [1.165, 1.54) is 6.08 Å². The number of hydrogen-bond acceptors (Lipinski definition) is 2. The van der Waals surface area contributed by atoms with Gasteiger partial charge in [0, 0.05) is 24.9 Å². The number of aliphatic hydroxyl groups is 1. The van der Waals surface area contributed by atoms with E-state index in [0.717, 1.165) is 6.54 Å². The lowest BCUT2D eigenvalue weighted by atomic mass is 9.79. The molecule has 0 unspecified atom stereocenters. The molecule has 2 nitrogen and oxygen atoms in total. The zero-order valence-electron chi connectivity index (χ0n) is 9.25. The number of nitrogens with zero attached hydrogens (tertiary/aromatic N) is 1. The molecule has 1 aliphatic rings. The van der Waals surface area contributed by atoms with Gasteiger partial charge in [0.15, 0.2) is 0 Å².